The number of hydrogen-bond donors (Lipinski definition) is 2. The van der Waals surface area contributed by atoms with E-state index in [1.807, 2.05) is 0 Å². The molecule has 96 valence electrons. The first-order chi connectivity index (χ1) is 7.71. The minimum absolute atomic E-state index is 0.540. The van der Waals surface area contributed by atoms with E-state index in [4.69, 9.17) is 39.5 Å². The monoisotopic (exact) mass is 301 g/mol. The van der Waals surface area contributed by atoms with Crippen molar-refractivity contribution in [3.8, 4) is 0 Å². The number of alkyl halides is 3. The fourth-order valence-electron chi connectivity index (χ4n) is 1.36. The molecule has 0 spiro atoms. The van der Waals surface area contributed by atoms with Crippen molar-refractivity contribution >= 4 is 46.7 Å². The molecule has 2 N–H and O–H groups in total. The smallest absolute Gasteiger partial charge is 0.303 e. The van der Waals surface area contributed by atoms with Gasteiger partial charge < -0.3 is 15.2 Å². The first-order valence-corrected chi connectivity index (χ1v) is 5.76. The van der Waals surface area contributed by atoms with Gasteiger partial charge in [-0.2, -0.15) is 0 Å². The predicted molar refractivity (Wildman–Crippen MR) is 62.9 cm³/mol. The van der Waals surface area contributed by atoms with E-state index in [-0.39, 0.29) is 0 Å². The second-order valence-electron chi connectivity index (χ2n) is 3.45. The van der Waals surface area contributed by atoms with E-state index >= 15 is 0 Å². The molecular formula is C9H10Cl3NO4. The highest BCUT2D eigenvalue weighted by molar-refractivity contribution is 6.76. The lowest BCUT2D eigenvalue weighted by Gasteiger charge is -2.24. The number of halogens is 3. The van der Waals surface area contributed by atoms with Crippen LogP contribution in [0.5, 0.6) is 0 Å². The fourth-order valence-corrected chi connectivity index (χ4v) is 1.53. The number of nitrogens with one attached hydrogen (secondary N) is 1. The number of rotatable bonds is 2. The van der Waals surface area contributed by atoms with Crippen LogP contribution >= 0.6 is 34.8 Å². The number of carbonyl (C=O) groups is 2. The zero-order valence-electron chi connectivity index (χ0n) is 8.69. The maximum atomic E-state index is 11.4. The predicted octanol–water partition coefficient (Wildman–Crippen LogP) is 0.704. The second-order valence-corrected chi connectivity index (χ2v) is 5.73. The molecule has 1 aliphatic rings. The Hall–Kier alpha value is -0.490. The van der Waals surface area contributed by atoms with E-state index in [0.29, 0.717) is 0 Å². The van der Waals surface area contributed by atoms with Crippen LogP contribution in [-0.2, 0) is 14.3 Å². The van der Waals surface area contributed by atoms with Crippen molar-refractivity contribution in [3.05, 3.63) is 12.2 Å². The van der Waals surface area contributed by atoms with Crippen LogP contribution in [0, 0.1) is 0 Å². The SMILES string of the molecule is CC(=O)O[C@@H]1C=C[C@H](O)[C@@H]1NC(=O)C(Cl)(Cl)Cl. The molecule has 1 amide bonds. The number of aliphatic hydroxyl groups is 1. The summed E-state index contributed by atoms with van der Waals surface area (Å²) in [5.74, 6) is -1.44. The van der Waals surface area contributed by atoms with Gasteiger partial charge in [-0.25, -0.2) is 0 Å². The summed E-state index contributed by atoms with van der Waals surface area (Å²) in [5, 5.41) is 11.9. The van der Waals surface area contributed by atoms with Gasteiger partial charge in [0.15, 0.2) is 0 Å². The van der Waals surface area contributed by atoms with Gasteiger partial charge in [0.2, 0.25) is 0 Å². The molecule has 0 fully saturated rings. The Morgan fingerprint density at radius 1 is 1.35 bits per heavy atom. The van der Waals surface area contributed by atoms with Crippen LogP contribution in [0.1, 0.15) is 6.92 Å². The van der Waals surface area contributed by atoms with Gasteiger partial charge in [-0.3, -0.25) is 9.59 Å². The first-order valence-electron chi connectivity index (χ1n) is 4.63. The van der Waals surface area contributed by atoms with Crippen LogP contribution in [0.2, 0.25) is 0 Å². The molecule has 1 aliphatic carbocycles. The lowest BCUT2D eigenvalue weighted by molar-refractivity contribution is -0.146. The van der Waals surface area contributed by atoms with Gasteiger partial charge in [-0.1, -0.05) is 40.9 Å². The Morgan fingerprint density at radius 2 is 1.94 bits per heavy atom. The molecular weight excluding hydrogens is 292 g/mol. The average Bonchev–Trinajstić information content (AvgIpc) is 2.47. The van der Waals surface area contributed by atoms with Crippen LogP contribution in [0.3, 0.4) is 0 Å². The lowest BCUT2D eigenvalue weighted by Crippen LogP contribution is -2.51. The van der Waals surface area contributed by atoms with Crippen molar-refractivity contribution in [2.75, 3.05) is 0 Å². The summed E-state index contributed by atoms with van der Waals surface area (Å²) < 4.78 is 2.74. The highest BCUT2D eigenvalue weighted by Gasteiger charge is 2.39. The lowest BCUT2D eigenvalue weighted by atomic mass is 10.1. The van der Waals surface area contributed by atoms with Crippen molar-refractivity contribution in [3.63, 3.8) is 0 Å². The van der Waals surface area contributed by atoms with E-state index < -0.39 is 33.9 Å². The number of amides is 1. The topological polar surface area (TPSA) is 75.6 Å². The molecule has 0 aromatic heterocycles. The number of carbonyl (C=O) groups excluding carboxylic acids is 2. The van der Waals surface area contributed by atoms with Crippen LogP contribution < -0.4 is 5.32 Å². The molecule has 0 heterocycles. The Bertz CT molecular complexity index is 353. The van der Waals surface area contributed by atoms with Gasteiger partial charge in [-0.05, 0) is 6.08 Å². The van der Waals surface area contributed by atoms with Crippen molar-refractivity contribution in [1.82, 2.24) is 5.32 Å². The second kappa shape index (κ2) is 5.44. The number of ether oxygens (including phenoxy) is 1. The summed E-state index contributed by atoms with van der Waals surface area (Å²) in [6.45, 7) is 1.21. The molecule has 0 bridgehead atoms. The van der Waals surface area contributed by atoms with Crippen LogP contribution in [0.4, 0.5) is 0 Å². The summed E-state index contributed by atoms with van der Waals surface area (Å²) >= 11 is 16.1. The van der Waals surface area contributed by atoms with Gasteiger partial charge >= 0.3 is 5.97 Å². The molecule has 17 heavy (non-hydrogen) atoms. The van der Waals surface area contributed by atoms with Gasteiger partial charge in [0.05, 0.1) is 12.1 Å². The number of aliphatic hydroxyl groups excluding tert-OH is 1. The average molecular weight is 303 g/mol. The van der Waals surface area contributed by atoms with Crippen molar-refractivity contribution in [2.24, 2.45) is 0 Å². The molecule has 8 heteroatoms. The van der Waals surface area contributed by atoms with Gasteiger partial charge in [0.25, 0.3) is 9.70 Å². The fraction of sp³-hybridized carbons (Fsp3) is 0.556. The number of hydrogen-bond acceptors (Lipinski definition) is 4. The summed E-state index contributed by atoms with van der Waals surface area (Å²) in [6.07, 6.45) is 1.06. The van der Waals surface area contributed by atoms with Crippen molar-refractivity contribution < 1.29 is 19.4 Å². The summed E-state index contributed by atoms with van der Waals surface area (Å²) in [6, 6.07) is -0.859. The third-order valence-electron chi connectivity index (χ3n) is 2.08. The zero-order valence-corrected chi connectivity index (χ0v) is 11.0. The highest BCUT2D eigenvalue weighted by Crippen LogP contribution is 2.27. The Morgan fingerprint density at radius 3 is 2.41 bits per heavy atom. The minimum Gasteiger partial charge on any atom is -0.456 e. The first kappa shape index (κ1) is 14.6. The maximum Gasteiger partial charge on any atom is 0.303 e. The normalized spacial score (nSPS) is 27.9. The van der Waals surface area contributed by atoms with Crippen LogP contribution in [0.25, 0.3) is 0 Å². The maximum absolute atomic E-state index is 11.4. The molecule has 0 unspecified atom stereocenters. The van der Waals surface area contributed by atoms with E-state index in [1.54, 1.807) is 0 Å². The zero-order chi connectivity index (χ0) is 13.2. The van der Waals surface area contributed by atoms with E-state index in [0.717, 1.165) is 0 Å². The minimum atomic E-state index is -2.14. The molecule has 0 aromatic rings. The van der Waals surface area contributed by atoms with Crippen LogP contribution in [0.15, 0.2) is 12.2 Å². The highest BCUT2D eigenvalue weighted by atomic mass is 35.6. The molecule has 3 atom stereocenters. The quantitative estimate of drug-likeness (QED) is 0.447. The summed E-state index contributed by atoms with van der Waals surface area (Å²) in [7, 11) is 0. The largest absolute Gasteiger partial charge is 0.456 e. The molecule has 0 radical (unpaired) electrons. The molecule has 0 saturated carbocycles. The Kier molecular flexibility index (Phi) is 4.66. The molecule has 0 saturated heterocycles. The molecule has 1 rings (SSSR count). The van der Waals surface area contributed by atoms with Gasteiger partial charge in [-0.15, -0.1) is 0 Å². The van der Waals surface area contributed by atoms with Crippen LogP contribution in [-0.4, -0.2) is 39.0 Å². The summed E-state index contributed by atoms with van der Waals surface area (Å²) in [5.41, 5.74) is 0. The van der Waals surface area contributed by atoms with E-state index in [1.165, 1.54) is 19.1 Å². The third kappa shape index (κ3) is 4.03. The van der Waals surface area contributed by atoms with Gasteiger partial charge in [0, 0.05) is 6.92 Å². The van der Waals surface area contributed by atoms with Crippen molar-refractivity contribution in [1.29, 1.82) is 0 Å². The molecule has 5 nitrogen and oxygen atoms in total. The molecule has 0 aromatic carbocycles. The van der Waals surface area contributed by atoms with Gasteiger partial charge in [0.1, 0.15) is 6.10 Å². The van der Waals surface area contributed by atoms with E-state index in [9.17, 15) is 14.7 Å². The standard InChI is InChI=1S/C9H10Cl3NO4/c1-4(14)17-6-3-2-5(15)7(6)13-8(16)9(10,11)12/h2-3,5-7,15H,1H3,(H,13,16)/t5-,6+,7-/m0/s1. The third-order valence-corrected chi connectivity index (χ3v) is 2.59. The summed E-state index contributed by atoms with van der Waals surface area (Å²) in [4.78, 5) is 22.2. The van der Waals surface area contributed by atoms with E-state index in [2.05, 4.69) is 5.32 Å². The number of esters is 1. The Balaban J connectivity index is 2.68. The molecule has 0 aliphatic heterocycles. The Labute approximate surface area is 113 Å². The van der Waals surface area contributed by atoms with Crippen molar-refractivity contribution in [2.45, 2.75) is 29.0 Å².